The Morgan fingerprint density at radius 2 is 2.00 bits per heavy atom. The molecule has 0 bridgehead atoms. The van der Waals surface area contributed by atoms with Gasteiger partial charge in [0.05, 0.1) is 0 Å². The summed E-state index contributed by atoms with van der Waals surface area (Å²) in [4.78, 5) is 0. The highest BCUT2D eigenvalue weighted by Crippen LogP contribution is 2.13. The molecule has 1 aromatic rings. The van der Waals surface area contributed by atoms with Gasteiger partial charge in [0, 0.05) is 27.8 Å². The minimum atomic E-state index is -0.881. The fourth-order valence-corrected chi connectivity index (χ4v) is 3.06. The van der Waals surface area contributed by atoms with Crippen LogP contribution < -0.4 is 5.73 Å². The molecule has 0 fully saturated rings. The zero-order valence-corrected chi connectivity index (χ0v) is 11.1. The molecule has 1 aromatic carbocycles. The first-order valence-electron chi connectivity index (χ1n) is 5.73. The summed E-state index contributed by atoms with van der Waals surface area (Å²) < 4.78 is 12.1. The van der Waals surface area contributed by atoms with Crippen LogP contribution in [-0.2, 0) is 16.6 Å². The molecule has 1 rings (SSSR count). The molecular formula is C13H21NOS. The standard InChI is InChI=1S/C13H21NOS/c1-4-13(14)11(3)16(15)9-12-8-6-5-7-10(12)2/h5-8,11,13H,4,9,14H2,1-3H3. The average molecular weight is 239 g/mol. The Balaban J connectivity index is 2.68. The van der Waals surface area contributed by atoms with Crippen molar-refractivity contribution in [2.75, 3.05) is 0 Å². The summed E-state index contributed by atoms with van der Waals surface area (Å²) >= 11 is 0. The molecule has 0 aliphatic rings. The Bertz CT molecular complexity index is 365. The number of nitrogens with two attached hydrogens (primary N) is 1. The fraction of sp³-hybridized carbons (Fsp3) is 0.538. The van der Waals surface area contributed by atoms with Crippen LogP contribution in [0.25, 0.3) is 0 Å². The van der Waals surface area contributed by atoms with Crippen LogP contribution in [0, 0.1) is 6.92 Å². The normalized spacial score (nSPS) is 16.8. The molecule has 0 heterocycles. The van der Waals surface area contributed by atoms with Gasteiger partial charge >= 0.3 is 0 Å². The zero-order chi connectivity index (χ0) is 12.1. The van der Waals surface area contributed by atoms with Gasteiger partial charge in [0.25, 0.3) is 0 Å². The van der Waals surface area contributed by atoms with Crippen molar-refractivity contribution in [1.82, 2.24) is 0 Å². The van der Waals surface area contributed by atoms with Gasteiger partial charge in [-0.2, -0.15) is 0 Å². The van der Waals surface area contributed by atoms with Gasteiger partial charge in [0.15, 0.2) is 0 Å². The SMILES string of the molecule is CCC(N)C(C)S(=O)Cc1ccccc1C. The molecule has 0 saturated heterocycles. The van der Waals surface area contributed by atoms with Gasteiger partial charge in [0.2, 0.25) is 0 Å². The van der Waals surface area contributed by atoms with Crippen LogP contribution in [0.15, 0.2) is 24.3 Å². The van der Waals surface area contributed by atoms with Gasteiger partial charge in [0.1, 0.15) is 0 Å². The average Bonchev–Trinajstić information content (AvgIpc) is 2.30. The molecule has 3 atom stereocenters. The van der Waals surface area contributed by atoms with Crippen LogP contribution in [0.1, 0.15) is 31.4 Å². The topological polar surface area (TPSA) is 43.1 Å². The quantitative estimate of drug-likeness (QED) is 0.857. The van der Waals surface area contributed by atoms with Crippen LogP contribution >= 0.6 is 0 Å². The first kappa shape index (κ1) is 13.4. The number of hydrogen-bond donors (Lipinski definition) is 1. The van der Waals surface area contributed by atoms with E-state index in [0.29, 0.717) is 5.75 Å². The van der Waals surface area contributed by atoms with Crippen molar-refractivity contribution in [1.29, 1.82) is 0 Å². The molecule has 3 heteroatoms. The van der Waals surface area contributed by atoms with E-state index in [-0.39, 0.29) is 11.3 Å². The lowest BCUT2D eigenvalue weighted by molar-refractivity contribution is 0.610. The smallest absolute Gasteiger partial charge is 0.0491 e. The van der Waals surface area contributed by atoms with E-state index in [1.165, 1.54) is 5.56 Å². The summed E-state index contributed by atoms with van der Waals surface area (Å²) in [5.41, 5.74) is 8.28. The highest BCUT2D eigenvalue weighted by atomic mass is 32.2. The lowest BCUT2D eigenvalue weighted by Gasteiger charge is -2.18. The fourth-order valence-electron chi connectivity index (χ4n) is 1.58. The van der Waals surface area contributed by atoms with Crippen molar-refractivity contribution in [3.05, 3.63) is 35.4 Å². The van der Waals surface area contributed by atoms with Gasteiger partial charge in [-0.05, 0) is 31.4 Å². The number of benzene rings is 1. The molecule has 0 aliphatic carbocycles. The Morgan fingerprint density at radius 3 is 2.56 bits per heavy atom. The summed E-state index contributed by atoms with van der Waals surface area (Å²) in [6.07, 6.45) is 0.876. The predicted molar refractivity (Wildman–Crippen MR) is 70.8 cm³/mol. The predicted octanol–water partition coefficient (Wildman–Crippen LogP) is 2.37. The van der Waals surface area contributed by atoms with Gasteiger partial charge in [-0.3, -0.25) is 4.21 Å². The largest absolute Gasteiger partial charge is 0.327 e. The highest BCUT2D eigenvalue weighted by Gasteiger charge is 2.18. The lowest BCUT2D eigenvalue weighted by Crippen LogP contribution is -2.35. The van der Waals surface area contributed by atoms with Crippen molar-refractivity contribution >= 4 is 10.8 Å². The maximum absolute atomic E-state index is 12.1. The Morgan fingerprint density at radius 1 is 1.38 bits per heavy atom. The van der Waals surface area contributed by atoms with Crippen LogP contribution in [0.2, 0.25) is 0 Å². The number of aryl methyl sites for hydroxylation is 1. The van der Waals surface area contributed by atoms with Crippen LogP contribution in [-0.4, -0.2) is 15.5 Å². The van der Waals surface area contributed by atoms with Gasteiger partial charge in [-0.25, -0.2) is 0 Å². The van der Waals surface area contributed by atoms with Gasteiger partial charge in [-0.1, -0.05) is 31.2 Å². The Labute approximate surface area is 101 Å². The second kappa shape index (κ2) is 6.16. The summed E-state index contributed by atoms with van der Waals surface area (Å²) in [6, 6.07) is 8.12. The van der Waals surface area contributed by atoms with Crippen molar-refractivity contribution in [2.24, 2.45) is 5.73 Å². The maximum atomic E-state index is 12.1. The highest BCUT2D eigenvalue weighted by molar-refractivity contribution is 7.84. The van der Waals surface area contributed by atoms with Gasteiger partial charge < -0.3 is 5.73 Å². The second-order valence-corrected chi connectivity index (χ2v) is 6.02. The maximum Gasteiger partial charge on any atom is 0.0491 e. The van der Waals surface area contributed by atoms with Crippen molar-refractivity contribution in [3.63, 3.8) is 0 Å². The molecule has 0 radical (unpaired) electrons. The van der Waals surface area contributed by atoms with Crippen molar-refractivity contribution in [3.8, 4) is 0 Å². The third-order valence-electron chi connectivity index (χ3n) is 3.05. The van der Waals surface area contributed by atoms with E-state index in [2.05, 4.69) is 13.0 Å². The first-order valence-corrected chi connectivity index (χ1v) is 7.11. The molecule has 0 saturated carbocycles. The van der Waals surface area contributed by atoms with Crippen molar-refractivity contribution < 1.29 is 4.21 Å². The molecule has 0 amide bonds. The number of rotatable bonds is 5. The van der Waals surface area contributed by atoms with E-state index in [1.54, 1.807) is 0 Å². The van der Waals surface area contributed by atoms with E-state index in [1.807, 2.05) is 32.0 Å². The molecule has 2 nitrogen and oxygen atoms in total. The lowest BCUT2D eigenvalue weighted by atomic mass is 10.1. The van der Waals surface area contributed by atoms with E-state index in [9.17, 15) is 4.21 Å². The summed E-state index contributed by atoms with van der Waals surface area (Å²) in [7, 11) is -0.881. The van der Waals surface area contributed by atoms with Crippen LogP contribution in [0.4, 0.5) is 0 Å². The minimum Gasteiger partial charge on any atom is -0.327 e. The second-order valence-electron chi connectivity index (χ2n) is 4.23. The van der Waals surface area contributed by atoms with E-state index < -0.39 is 10.8 Å². The minimum absolute atomic E-state index is 0.0323. The molecule has 0 spiro atoms. The molecule has 0 aromatic heterocycles. The van der Waals surface area contributed by atoms with E-state index in [0.717, 1.165) is 12.0 Å². The molecular weight excluding hydrogens is 218 g/mol. The molecule has 3 unspecified atom stereocenters. The first-order chi connectivity index (χ1) is 7.56. The molecule has 16 heavy (non-hydrogen) atoms. The molecule has 2 N–H and O–H groups in total. The van der Waals surface area contributed by atoms with Crippen LogP contribution in [0.5, 0.6) is 0 Å². The van der Waals surface area contributed by atoms with Gasteiger partial charge in [-0.15, -0.1) is 0 Å². The number of hydrogen-bond acceptors (Lipinski definition) is 2. The third-order valence-corrected chi connectivity index (χ3v) is 4.82. The Hall–Kier alpha value is -0.670. The van der Waals surface area contributed by atoms with E-state index in [4.69, 9.17) is 5.73 Å². The molecule has 0 aliphatic heterocycles. The monoisotopic (exact) mass is 239 g/mol. The zero-order valence-electron chi connectivity index (χ0n) is 10.3. The van der Waals surface area contributed by atoms with Crippen molar-refractivity contribution in [2.45, 2.75) is 44.2 Å². The van der Waals surface area contributed by atoms with E-state index >= 15 is 0 Å². The molecule has 90 valence electrons. The summed E-state index contributed by atoms with van der Waals surface area (Å²) in [6.45, 7) is 6.06. The summed E-state index contributed by atoms with van der Waals surface area (Å²) in [5.74, 6) is 0.613. The third kappa shape index (κ3) is 3.42. The summed E-state index contributed by atoms with van der Waals surface area (Å²) in [5, 5.41) is 0.0598. The Kier molecular flexibility index (Phi) is 5.16. The van der Waals surface area contributed by atoms with Crippen LogP contribution in [0.3, 0.4) is 0 Å².